The normalized spacial score (nSPS) is 11.4. The third-order valence-electron chi connectivity index (χ3n) is 6.86. The molecule has 2 aromatic carbocycles. The molecule has 4 rings (SSSR count). The van der Waals surface area contributed by atoms with Crippen LogP contribution in [0.15, 0.2) is 72.9 Å². The number of carbonyl (C=O) groups is 3. The Morgan fingerprint density at radius 2 is 1.57 bits per heavy atom. The second-order valence-electron chi connectivity index (χ2n) is 11.8. The third kappa shape index (κ3) is 11.3. The van der Waals surface area contributed by atoms with Crippen molar-refractivity contribution in [3.8, 4) is 6.01 Å². The van der Waals surface area contributed by atoms with Crippen molar-refractivity contribution in [2.24, 2.45) is 5.41 Å². The highest BCUT2D eigenvalue weighted by atomic mass is 35.5. The van der Waals surface area contributed by atoms with Gasteiger partial charge >= 0.3 is 24.0 Å². The maximum Gasteiger partial charge on any atom is 0.422 e. The van der Waals surface area contributed by atoms with E-state index in [1.54, 1.807) is 41.3 Å². The number of aryl methyl sites for hydroxylation is 1. The van der Waals surface area contributed by atoms with Crippen LogP contribution >= 0.6 is 11.6 Å². The Morgan fingerprint density at radius 3 is 2.20 bits per heavy atom. The zero-order valence-corrected chi connectivity index (χ0v) is 27.5. The van der Waals surface area contributed by atoms with E-state index in [1.807, 2.05) is 32.9 Å². The molecule has 0 saturated carbocycles. The van der Waals surface area contributed by atoms with Crippen LogP contribution in [0.1, 0.15) is 35.3 Å². The highest BCUT2D eigenvalue weighted by Gasteiger charge is 2.29. The van der Waals surface area contributed by atoms with Gasteiger partial charge in [0.15, 0.2) is 6.61 Å². The number of hydrogen-bond acceptors (Lipinski definition) is 9. The van der Waals surface area contributed by atoms with Gasteiger partial charge in [0.05, 0.1) is 12.1 Å². The number of rotatable bonds is 12. The van der Waals surface area contributed by atoms with E-state index in [4.69, 9.17) is 22.1 Å². The summed E-state index contributed by atoms with van der Waals surface area (Å²) >= 11 is 6.03. The number of hydrogen-bond donors (Lipinski definition) is 4. The van der Waals surface area contributed by atoms with Crippen molar-refractivity contribution in [2.75, 3.05) is 35.6 Å². The molecule has 5 N–H and O–H groups in total. The smallest absolute Gasteiger partial charge is 0.422 e. The topological polar surface area (TPSA) is 164 Å². The van der Waals surface area contributed by atoms with Gasteiger partial charge in [0.25, 0.3) is 5.91 Å². The van der Waals surface area contributed by atoms with Gasteiger partial charge in [-0.2, -0.15) is 23.1 Å². The predicted octanol–water partition coefficient (Wildman–Crippen LogP) is 5.21. The van der Waals surface area contributed by atoms with E-state index in [0.29, 0.717) is 16.5 Å². The Kier molecular flexibility index (Phi) is 11.6. The molecule has 12 nitrogen and oxygen atoms in total. The van der Waals surface area contributed by atoms with Crippen LogP contribution in [0.2, 0.25) is 5.02 Å². The van der Waals surface area contributed by atoms with E-state index in [1.165, 1.54) is 24.4 Å². The predicted molar refractivity (Wildman–Crippen MR) is 178 cm³/mol. The van der Waals surface area contributed by atoms with Crippen LogP contribution in [0.3, 0.4) is 0 Å². The number of halogens is 4. The van der Waals surface area contributed by atoms with Crippen molar-refractivity contribution in [3.05, 3.63) is 94.6 Å². The SMILES string of the molecule is Cc1ccc(NC(=O)C(=O)NCC(C)(C)CNC(=O)c2ccc(N(Cc3ccc(Cl)cc3)c3cc(N)nc(OCC(F)(F)F)n3)nc2)cc1. The molecule has 16 heteroatoms. The Bertz CT molecular complexity index is 1770. The molecule has 2 heterocycles. The maximum atomic E-state index is 13.0. The first-order chi connectivity index (χ1) is 23.1. The summed E-state index contributed by atoms with van der Waals surface area (Å²) in [4.78, 5) is 51.5. The minimum absolute atomic E-state index is 0.0978. The average Bonchev–Trinajstić information content (AvgIpc) is 3.05. The van der Waals surface area contributed by atoms with E-state index < -0.39 is 41.9 Å². The van der Waals surface area contributed by atoms with E-state index in [9.17, 15) is 27.6 Å². The maximum absolute atomic E-state index is 13.0. The molecule has 0 radical (unpaired) electrons. The first-order valence-electron chi connectivity index (χ1n) is 14.8. The van der Waals surface area contributed by atoms with Gasteiger partial charge in [-0.1, -0.05) is 55.3 Å². The molecular weight excluding hydrogens is 665 g/mol. The molecule has 49 heavy (non-hydrogen) atoms. The first kappa shape index (κ1) is 36.4. The largest absolute Gasteiger partial charge is 0.454 e. The summed E-state index contributed by atoms with van der Waals surface area (Å²) in [6, 6.07) is 17.7. The number of amides is 3. The molecule has 258 valence electrons. The molecular formula is C33H34ClF3N8O4. The summed E-state index contributed by atoms with van der Waals surface area (Å²) < 4.78 is 43.1. The lowest BCUT2D eigenvalue weighted by atomic mass is 9.93. The van der Waals surface area contributed by atoms with Gasteiger partial charge in [0.2, 0.25) is 0 Å². The molecule has 4 aromatic rings. The van der Waals surface area contributed by atoms with Crippen molar-refractivity contribution >= 4 is 52.5 Å². The minimum atomic E-state index is -4.61. The highest BCUT2D eigenvalue weighted by molar-refractivity contribution is 6.39. The number of anilines is 4. The molecule has 0 aliphatic rings. The fourth-order valence-electron chi connectivity index (χ4n) is 4.22. The summed E-state index contributed by atoms with van der Waals surface area (Å²) in [7, 11) is 0. The molecule has 0 bridgehead atoms. The molecule has 0 atom stereocenters. The molecule has 0 saturated heterocycles. The van der Waals surface area contributed by atoms with Crippen LogP contribution in [0, 0.1) is 12.3 Å². The lowest BCUT2D eigenvalue weighted by Crippen LogP contribution is -2.45. The number of nitrogens with zero attached hydrogens (tertiary/aromatic N) is 4. The van der Waals surface area contributed by atoms with Gasteiger partial charge in [0.1, 0.15) is 17.5 Å². The molecule has 3 amide bonds. The van der Waals surface area contributed by atoms with Gasteiger partial charge in [-0.3, -0.25) is 14.4 Å². The van der Waals surface area contributed by atoms with Crippen molar-refractivity contribution in [1.29, 1.82) is 0 Å². The van der Waals surface area contributed by atoms with E-state index in [2.05, 4.69) is 30.9 Å². The van der Waals surface area contributed by atoms with Crippen molar-refractivity contribution in [2.45, 2.75) is 33.5 Å². The van der Waals surface area contributed by atoms with Gasteiger partial charge in [0, 0.05) is 36.1 Å². The molecule has 0 spiro atoms. The Labute approximate surface area is 285 Å². The molecule has 0 unspecified atom stereocenters. The number of nitrogens with two attached hydrogens (primary N) is 1. The number of nitrogens with one attached hydrogen (secondary N) is 3. The number of aromatic nitrogens is 3. The van der Waals surface area contributed by atoms with Crippen LogP contribution in [-0.4, -0.2) is 58.5 Å². The van der Waals surface area contributed by atoms with E-state index in [0.717, 1.165) is 11.1 Å². The highest BCUT2D eigenvalue weighted by Crippen LogP contribution is 2.28. The summed E-state index contributed by atoms with van der Waals surface area (Å²) in [6.07, 6.45) is -3.29. The molecule has 0 aliphatic carbocycles. The van der Waals surface area contributed by atoms with Crippen LogP contribution in [0.4, 0.5) is 36.3 Å². The van der Waals surface area contributed by atoms with E-state index >= 15 is 0 Å². The second kappa shape index (κ2) is 15.6. The minimum Gasteiger partial charge on any atom is -0.454 e. The fraction of sp³-hybridized carbons (Fsp3) is 0.273. The zero-order valence-electron chi connectivity index (χ0n) is 26.8. The van der Waals surface area contributed by atoms with Crippen molar-refractivity contribution < 1.29 is 32.3 Å². The summed E-state index contributed by atoms with van der Waals surface area (Å²) in [5, 5.41) is 8.43. The Hall–Kier alpha value is -5.44. The van der Waals surface area contributed by atoms with Crippen LogP contribution < -0.4 is 31.3 Å². The van der Waals surface area contributed by atoms with Crippen molar-refractivity contribution in [1.82, 2.24) is 25.6 Å². The van der Waals surface area contributed by atoms with Gasteiger partial charge in [-0.25, -0.2) is 4.98 Å². The summed E-state index contributed by atoms with van der Waals surface area (Å²) in [6.45, 7) is 4.30. The van der Waals surface area contributed by atoms with Gasteiger partial charge < -0.3 is 31.3 Å². The summed E-state index contributed by atoms with van der Waals surface area (Å²) in [5.74, 6) is -1.82. The van der Waals surface area contributed by atoms with Crippen LogP contribution in [-0.2, 0) is 16.1 Å². The lowest BCUT2D eigenvalue weighted by Gasteiger charge is -2.25. The molecule has 2 aromatic heterocycles. The van der Waals surface area contributed by atoms with Crippen molar-refractivity contribution in [3.63, 3.8) is 0 Å². The quantitative estimate of drug-likeness (QED) is 0.146. The number of nitrogen functional groups attached to an aromatic ring is 1. The van der Waals surface area contributed by atoms with Crippen LogP contribution in [0.25, 0.3) is 0 Å². The molecule has 0 fully saturated rings. The number of carbonyl (C=O) groups excluding carboxylic acids is 3. The monoisotopic (exact) mass is 698 g/mol. The fourth-order valence-corrected chi connectivity index (χ4v) is 4.35. The third-order valence-corrected chi connectivity index (χ3v) is 7.12. The second-order valence-corrected chi connectivity index (χ2v) is 12.2. The van der Waals surface area contributed by atoms with Crippen LogP contribution in [0.5, 0.6) is 6.01 Å². The number of benzene rings is 2. The Morgan fingerprint density at radius 1 is 0.898 bits per heavy atom. The number of alkyl halides is 3. The van der Waals surface area contributed by atoms with Gasteiger partial charge in [-0.15, -0.1) is 0 Å². The Balaban J connectivity index is 1.42. The van der Waals surface area contributed by atoms with E-state index in [-0.39, 0.29) is 36.8 Å². The number of ether oxygens (including phenoxy) is 1. The molecule has 0 aliphatic heterocycles. The standard InChI is InChI=1S/C33H34ClF3N8O4/c1-20-4-11-24(12-5-20)42-30(48)29(47)41-18-32(2,3)17-40-28(46)22-8-13-26(39-15-22)45(16-21-6-9-23(34)10-7-21)27-14-25(38)43-31(44-27)49-19-33(35,36)37/h4-15H,16-19H2,1-3H3,(H,40,46)(H,41,47)(H,42,48)(H2,38,43,44). The number of pyridine rings is 1. The lowest BCUT2D eigenvalue weighted by molar-refractivity contribution is -0.154. The van der Waals surface area contributed by atoms with Gasteiger partial charge in [-0.05, 0) is 54.3 Å². The zero-order chi connectivity index (χ0) is 35.8. The first-order valence-corrected chi connectivity index (χ1v) is 15.2. The average molecular weight is 699 g/mol. The summed E-state index contributed by atoms with van der Waals surface area (Å²) in [5.41, 5.74) is 7.72.